The molecule has 0 radical (unpaired) electrons. The van der Waals surface area contributed by atoms with Crippen molar-refractivity contribution in [1.82, 2.24) is 0 Å². The van der Waals surface area contributed by atoms with Crippen LogP contribution in [0.4, 0.5) is 0 Å². The Morgan fingerprint density at radius 3 is 2.50 bits per heavy atom. The smallest absolute Gasteiger partial charge is 0.492 e. The van der Waals surface area contributed by atoms with Gasteiger partial charge in [0.25, 0.3) is 0 Å². The first kappa shape index (κ1) is 13.0. The molecule has 0 aliphatic heterocycles. The summed E-state index contributed by atoms with van der Waals surface area (Å²) in [4.78, 5) is 0. The van der Waals surface area contributed by atoms with Gasteiger partial charge in [0, 0.05) is 5.46 Å². The highest BCUT2D eigenvalue weighted by molar-refractivity contribution is 6.60. The van der Waals surface area contributed by atoms with E-state index >= 15 is 0 Å². The number of aliphatic hydroxyl groups is 1. The minimum absolute atomic E-state index is 0.241. The summed E-state index contributed by atoms with van der Waals surface area (Å²) in [5.74, 6) is 0.761. The van der Waals surface area contributed by atoms with Crippen LogP contribution < -0.4 is 10.2 Å². The fourth-order valence-electron chi connectivity index (χ4n) is 1.40. The molecule has 0 spiro atoms. The van der Waals surface area contributed by atoms with E-state index in [9.17, 15) is 10.0 Å². The molecule has 0 amide bonds. The van der Waals surface area contributed by atoms with E-state index in [-0.39, 0.29) is 12.1 Å². The lowest BCUT2D eigenvalue weighted by molar-refractivity contribution is 0.266. The van der Waals surface area contributed by atoms with E-state index < -0.39 is 7.12 Å². The van der Waals surface area contributed by atoms with Crippen molar-refractivity contribution < 1.29 is 19.9 Å². The molecule has 1 rings (SSSR count). The number of ether oxygens (including phenoxy) is 1. The Kier molecular flexibility index (Phi) is 4.80. The molecule has 0 atom stereocenters. The average Bonchev–Trinajstić information content (AvgIpc) is 2.25. The third-order valence-corrected chi connectivity index (χ3v) is 2.16. The van der Waals surface area contributed by atoms with Crippen molar-refractivity contribution in [3.05, 3.63) is 23.8 Å². The maximum Gasteiger partial charge on any atom is 0.492 e. The molecule has 3 N–H and O–H groups in total. The van der Waals surface area contributed by atoms with Crippen LogP contribution in [0.5, 0.6) is 5.75 Å². The Morgan fingerprint density at radius 1 is 1.31 bits per heavy atom. The molecule has 0 saturated carbocycles. The summed E-state index contributed by atoms with van der Waals surface area (Å²) in [6, 6.07) is 5.01. The Balaban J connectivity index is 2.97. The Bertz CT molecular complexity index is 339. The third kappa shape index (κ3) is 3.23. The van der Waals surface area contributed by atoms with Crippen molar-refractivity contribution in [2.45, 2.75) is 20.5 Å². The molecular weight excluding hydrogens is 207 g/mol. The molecule has 5 heteroatoms. The van der Waals surface area contributed by atoms with Crippen LogP contribution in [-0.2, 0) is 6.61 Å². The van der Waals surface area contributed by atoms with Gasteiger partial charge in [0.1, 0.15) is 5.75 Å². The number of hydrogen-bond acceptors (Lipinski definition) is 4. The zero-order valence-electron chi connectivity index (χ0n) is 9.55. The van der Waals surface area contributed by atoms with Crippen molar-refractivity contribution >= 4 is 12.6 Å². The molecule has 0 aliphatic rings. The lowest BCUT2D eigenvalue weighted by atomic mass is 9.76. The molecule has 16 heavy (non-hydrogen) atoms. The molecule has 0 saturated heterocycles. The van der Waals surface area contributed by atoms with Crippen LogP contribution in [0.1, 0.15) is 19.4 Å². The van der Waals surface area contributed by atoms with E-state index in [0.717, 1.165) is 0 Å². The first-order chi connectivity index (χ1) is 7.56. The number of aliphatic hydroxyl groups excluding tert-OH is 1. The van der Waals surface area contributed by atoms with Gasteiger partial charge in [-0.3, -0.25) is 0 Å². The maximum absolute atomic E-state index is 9.25. The normalized spacial score (nSPS) is 10.6. The van der Waals surface area contributed by atoms with Gasteiger partial charge in [-0.25, -0.2) is 0 Å². The quantitative estimate of drug-likeness (QED) is 0.610. The largest absolute Gasteiger partial charge is 0.494 e. The zero-order chi connectivity index (χ0) is 12.1. The van der Waals surface area contributed by atoms with Crippen molar-refractivity contribution in [2.24, 2.45) is 5.92 Å². The van der Waals surface area contributed by atoms with Crippen molar-refractivity contribution in [1.29, 1.82) is 0 Å². The summed E-state index contributed by atoms with van der Waals surface area (Å²) in [7, 11) is -1.63. The topological polar surface area (TPSA) is 69.9 Å². The summed E-state index contributed by atoms with van der Waals surface area (Å²) < 4.78 is 5.47. The van der Waals surface area contributed by atoms with E-state index in [4.69, 9.17) is 9.84 Å². The number of rotatable bonds is 5. The van der Waals surface area contributed by atoms with Gasteiger partial charge in [0.05, 0.1) is 13.2 Å². The third-order valence-electron chi connectivity index (χ3n) is 2.16. The van der Waals surface area contributed by atoms with Crippen LogP contribution in [0, 0.1) is 5.92 Å². The van der Waals surface area contributed by atoms with E-state index in [2.05, 4.69) is 0 Å². The summed E-state index contributed by atoms with van der Waals surface area (Å²) in [5, 5.41) is 27.6. The first-order valence-electron chi connectivity index (χ1n) is 5.27. The molecule has 0 fully saturated rings. The zero-order valence-corrected chi connectivity index (χ0v) is 9.55. The summed E-state index contributed by atoms with van der Waals surface area (Å²) in [5.41, 5.74) is 0.710. The van der Waals surface area contributed by atoms with Crippen LogP contribution in [0.3, 0.4) is 0 Å². The van der Waals surface area contributed by atoms with Gasteiger partial charge < -0.3 is 19.9 Å². The highest BCUT2D eigenvalue weighted by Gasteiger charge is 2.21. The van der Waals surface area contributed by atoms with E-state index in [0.29, 0.717) is 23.8 Å². The van der Waals surface area contributed by atoms with E-state index in [1.165, 1.54) is 0 Å². The molecule has 0 aromatic heterocycles. The summed E-state index contributed by atoms with van der Waals surface area (Å²) in [6.07, 6.45) is 0. The van der Waals surface area contributed by atoms with Crippen molar-refractivity contribution in [3.63, 3.8) is 0 Å². The molecule has 88 valence electrons. The Morgan fingerprint density at radius 2 is 2.00 bits per heavy atom. The van der Waals surface area contributed by atoms with Crippen molar-refractivity contribution in [3.8, 4) is 5.75 Å². The van der Waals surface area contributed by atoms with E-state index in [1.54, 1.807) is 18.2 Å². The monoisotopic (exact) mass is 224 g/mol. The minimum atomic E-state index is -1.63. The van der Waals surface area contributed by atoms with Crippen LogP contribution in [-0.4, -0.2) is 28.9 Å². The molecule has 1 aromatic rings. The first-order valence-corrected chi connectivity index (χ1v) is 5.27. The lowest BCUT2D eigenvalue weighted by Crippen LogP contribution is -2.35. The van der Waals surface area contributed by atoms with Crippen LogP contribution in [0.25, 0.3) is 0 Å². The van der Waals surface area contributed by atoms with Gasteiger partial charge in [0.15, 0.2) is 0 Å². The van der Waals surface area contributed by atoms with Gasteiger partial charge in [-0.1, -0.05) is 26.0 Å². The second-order valence-corrected chi connectivity index (χ2v) is 4.07. The average molecular weight is 224 g/mol. The fraction of sp³-hybridized carbons (Fsp3) is 0.455. The Labute approximate surface area is 95.6 Å². The van der Waals surface area contributed by atoms with Gasteiger partial charge in [-0.15, -0.1) is 0 Å². The predicted octanol–water partition coefficient (Wildman–Crippen LogP) is -0.106. The van der Waals surface area contributed by atoms with Gasteiger partial charge in [0.2, 0.25) is 0 Å². The molecule has 0 heterocycles. The Hall–Kier alpha value is -1.04. The highest BCUT2D eigenvalue weighted by Crippen LogP contribution is 2.12. The minimum Gasteiger partial charge on any atom is -0.494 e. The summed E-state index contributed by atoms with van der Waals surface area (Å²) in [6.45, 7) is 4.26. The second-order valence-electron chi connectivity index (χ2n) is 4.07. The molecule has 0 bridgehead atoms. The van der Waals surface area contributed by atoms with Gasteiger partial charge >= 0.3 is 7.12 Å². The number of benzene rings is 1. The summed E-state index contributed by atoms with van der Waals surface area (Å²) >= 11 is 0. The maximum atomic E-state index is 9.25. The van der Waals surface area contributed by atoms with Crippen LogP contribution in [0.15, 0.2) is 18.2 Å². The number of hydrogen-bond donors (Lipinski definition) is 3. The van der Waals surface area contributed by atoms with Gasteiger partial charge in [-0.05, 0) is 17.5 Å². The molecule has 0 aliphatic carbocycles. The van der Waals surface area contributed by atoms with Crippen LogP contribution in [0.2, 0.25) is 0 Å². The molecule has 1 aromatic carbocycles. The molecule has 4 nitrogen and oxygen atoms in total. The lowest BCUT2D eigenvalue weighted by Gasteiger charge is -2.15. The fourth-order valence-corrected chi connectivity index (χ4v) is 1.40. The van der Waals surface area contributed by atoms with E-state index in [1.807, 2.05) is 13.8 Å². The standard InChI is InChI=1S/C11H17BO4/c1-8(2)7-16-10-5-3-4-9(6-13)11(10)12(14)15/h3-5,8,13-15H,6-7H2,1-2H3. The predicted molar refractivity (Wildman–Crippen MR) is 62.5 cm³/mol. The van der Waals surface area contributed by atoms with Crippen LogP contribution >= 0.6 is 0 Å². The van der Waals surface area contributed by atoms with Gasteiger partial charge in [-0.2, -0.15) is 0 Å². The van der Waals surface area contributed by atoms with Crippen molar-refractivity contribution in [2.75, 3.05) is 6.61 Å². The SMILES string of the molecule is CC(C)COc1cccc(CO)c1B(O)O. The second kappa shape index (κ2) is 5.89. The molecule has 0 unspecified atom stereocenters. The highest BCUT2D eigenvalue weighted by atomic mass is 16.5. The molecular formula is C11H17BO4.